The van der Waals surface area contributed by atoms with Gasteiger partial charge in [0.05, 0.1) is 0 Å². The number of benzene rings is 1. The number of hydrogen-bond acceptors (Lipinski definition) is 1. The first-order valence-corrected chi connectivity index (χ1v) is 7.09. The molecule has 2 heteroatoms. The molecule has 1 heterocycles. The molecule has 2 atom stereocenters. The molecule has 0 saturated carbocycles. The molecule has 1 fully saturated rings. The summed E-state index contributed by atoms with van der Waals surface area (Å²) >= 11 is 0. The Morgan fingerprint density at radius 2 is 1.74 bits per heavy atom. The Morgan fingerprint density at radius 3 is 2.32 bits per heavy atom. The van der Waals surface area contributed by atoms with Crippen LogP contribution in [0.1, 0.15) is 32.8 Å². The van der Waals surface area contributed by atoms with Crippen molar-refractivity contribution in [1.29, 1.82) is 0 Å². The molecule has 0 aromatic heterocycles. The van der Waals surface area contributed by atoms with E-state index in [1.165, 1.54) is 6.42 Å². The molecule has 0 spiro atoms. The standard InChI is InChI=1S/C17H23NO/c1-13-9-14(2)12-18(11-13)17(19)15(3)10-16-7-5-4-6-8-16/h4-8,10,13-14H,9,11-12H2,1-3H3/b15-10-. The van der Waals surface area contributed by atoms with Gasteiger partial charge in [0.2, 0.25) is 5.91 Å². The van der Waals surface area contributed by atoms with Crippen molar-refractivity contribution in [3.8, 4) is 0 Å². The molecule has 2 rings (SSSR count). The van der Waals surface area contributed by atoms with E-state index in [9.17, 15) is 4.79 Å². The number of rotatable bonds is 2. The normalized spacial score (nSPS) is 24.4. The topological polar surface area (TPSA) is 20.3 Å². The van der Waals surface area contributed by atoms with Gasteiger partial charge < -0.3 is 4.90 Å². The van der Waals surface area contributed by atoms with E-state index in [1.54, 1.807) is 0 Å². The van der Waals surface area contributed by atoms with Crippen LogP contribution < -0.4 is 0 Å². The predicted octanol–water partition coefficient (Wildman–Crippen LogP) is 3.59. The molecule has 0 bridgehead atoms. The second kappa shape index (κ2) is 6.05. The molecular formula is C17H23NO. The number of piperidine rings is 1. The largest absolute Gasteiger partial charge is 0.338 e. The van der Waals surface area contributed by atoms with E-state index in [0.717, 1.165) is 24.2 Å². The van der Waals surface area contributed by atoms with Crippen LogP contribution >= 0.6 is 0 Å². The highest BCUT2D eigenvalue weighted by Crippen LogP contribution is 2.22. The van der Waals surface area contributed by atoms with Gasteiger partial charge in [-0.05, 0) is 36.8 Å². The molecule has 1 aromatic carbocycles. The van der Waals surface area contributed by atoms with Crippen molar-refractivity contribution in [3.63, 3.8) is 0 Å². The Kier molecular flexibility index (Phi) is 4.41. The smallest absolute Gasteiger partial charge is 0.249 e. The lowest BCUT2D eigenvalue weighted by Crippen LogP contribution is -2.42. The fourth-order valence-corrected chi connectivity index (χ4v) is 2.94. The lowest BCUT2D eigenvalue weighted by Gasteiger charge is -2.35. The summed E-state index contributed by atoms with van der Waals surface area (Å²) in [7, 11) is 0. The summed E-state index contributed by atoms with van der Waals surface area (Å²) in [5.41, 5.74) is 1.92. The summed E-state index contributed by atoms with van der Waals surface area (Å²) in [5, 5.41) is 0. The van der Waals surface area contributed by atoms with Gasteiger partial charge in [-0.25, -0.2) is 0 Å². The third-order valence-corrected chi connectivity index (χ3v) is 3.68. The molecule has 1 aliphatic heterocycles. The van der Waals surface area contributed by atoms with Crippen LogP contribution in [0.3, 0.4) is 0 Å². The van der Waals surface area contributed by atoms with Gasteiger partial charge in [-0.1, -0.05) is 44.2 Å². The minimum atomic E-state index is 0.183. The molecule has 0 N–H and O–H groups in total. The number of likely N-dealkylation sites (tertiary alicyclic amines) is 1. The zero-order valence-corrected chi connectivity index (χ0v) is 12.1. The predicted molar refractivity (Wildman–Crippen MR) is 79.6 cm³/mol. The molecular weight excluding hydrogens is 234 g/mol. The van der Waals surface area contributed by atoms with Crippen LogP contribution in [0.4, 0.5) is 0 Å². The molecule has 1 aromatic rings. The summed E-state index contributed by atoms with van der Waals surface area (Å²) in [5.74, 6) is 1.40. The SMILES string of the molecule is C/C(=C/c1ccccc1)C(=O)N1CC(C)CC(C)C1. The van der Waals surface area contributed by atoms with Crippen LogP contribution in [0.5, 0.6) is 0 Å². The number of hydrogen-bond donors (Lipinski definition) is 0. The highest BCUT2D eigenvalue weighted by Gasteiger charge is 2.25. The Balaban J connectivity index is 2.09. The van der Waals surface area contributed by atoms with Crippen molar-refractivity contribution in [2.45, 2.75) is 27.2 Å². The Morgan fingerprint density at radius 1 is 1.16 bits per heavy atom. The zero-order chi connectivity index (χ0) is 13.8. The minimum absolute atomic E-state index is 0.183. The molecule has 1 amide bonds. The first-order valence-electron chi connectivity index (χ1n) is 7.09. The van der Waals surface area contributed by atoms with Gasteiger partial charge in [0.15, 0.2) is 0 Å². The van der Waals surface area contributed by atoms with Crippen molar-refractivity contribution in [3.05, 3.63) is 41.5 Å². The molecule has 1 aliphatic rings. The van der Waals surface area contributed by atoms with Crippen LogP contribution in [0.2, 0.25) is 0 Å². The third-order valence-electron chi connectivity index (χ3n) is 3.68. The van der Waals surface area contributed by atoms with Crippen molar-refractivity contribution in [1.82, 2.24) is 4.90 Å². The van der Waals surface area contributed by atoms with Crippen molar-refractivity contribution < 1.29 is 4.79 Å². The van der Waals surface area contributed by atoms with E-state index < -0.39 is 0 Å². The van der Waals surface area contributed by atoms with Gasteiger partial charge in [0.25, 0.3) is 0 Å². The first-order chi connectivity index (χ1) is 9.06. The monoisotopic (exact) mass is 257 g/mol. The van der Waals surface area contributed by atoms with Crippen LogP contribution in [-0.2, 0) is 4.79 Å². The first kappa shape index (κ1) is 13.9. The van der Waals surface area contributed by atoms with Gasteiger partial charge in [-0.3, -0.25) is 4.79 Å². The van der Waals surface area contributed by atoms with Gasteiger partial charge in [-0.2, -0.15) is 0 Å². The fraction of sp³-hybridized carbons (Fsp3) is 0.471. The highest BCUT2D eigenvalue weighted by atomic mass is 16.2. The average Bonchev–Trinajstić information content (AvgIpc) is 2.37. The summed E-state index contributed by atoms with van der Waals surface area (Å²) in [6, 6.07) is 10.0. The van der Waals surface area contributed by atoms with Gasteiger partial charge >= 0.3 is 0 Å². The minimum Gasteiger partial charge on any atom is -0.338 e. The Labute approximate surface area is 116 Å². The molecule has 19 heavy (non-hydrogen) atoms. The lowest BCUT2D eigenvalue weighted by atomic mass is 9.91. The number of amides is 1. The highest BCUT2D eigenvalue weighted by molar-refractivity contribution is 5.97. The summed E-state index contributed by atoms with van der Waals surface area (Å²) < 4.78 is 0. The van der Waals surface area contributed by atoms with Crippen molar-refractivity contribution in [2.24, 2.45) is 11.8 Å². The van der Waals surface area contributed by atoms with E-state index >= 15 is 0 Å². The van der Waals surface area contributed by atoms with Gasteiger partial charge in [0.1, 0.15) is 0 Å². The van der Waals surface area contributed by atoms with Crippen LogP contribution in [0.15, 0.2) is 35.9 Å². The third kappa shape index (κ3) is 3.69. The van der Waals surface area contributed by atoms with Crippen molar-refractivity contribution >= 4 is 12.0 Å². The van der Waals surface area contributed by atoms with Crippen LogP contribution in [0, 0.1) is 11.8 Å². The number of carbonyl (C=O) groups is 1. The number of nitrogens with zero attached hydrogens (tertiary/aromatic N) is 1. The summed E-state index contributed by atoms with van der Waals surface area (Å²) in [4.78, 5) is 14.5. The average molecular weight is 257 g/mol. The molecule has 102 valence electrons. The second-order valence-electron chi connectivity index (χ2n) is 5.89. The summed E-state index contributed by atoms with van der Waals surface area (Å²) in [6.45, 7) is 8.16. The van der Waals surface area contributed by atoms with E-state index in [1.807, 2.05) is 48.2 Å². The maximum absolute atomic E-state index is 12.5. The fourth-order valence-electron chi connectivity index (χ4n) is 2.94. The van der Waals surface area contributed by atoms with E-state index in [0.29, 0.717) is 11.8 Å². The molecule has 0 aliphatic carbocycles. The lowest BCUT2D eigenvalue weighted by molar-refractivity contribution is -0.129. The van der Waals surface area contributed by atoms with Crippen LogP contribution in [0.25, 0.3) is 6.08 Å². The van der Waals surface area contributed by atoms with Gasteiger partial charge in [-0.15, -0.1) is 0 Å². The maximum Gasteiger partial charge on any atom is 0.249 e. The maximum atomic E-state index is 12.5. The molecule has 2 unspecified atom stereocenters. The number of carbonyl (C=O) groups excluding carboxylic acids is 1. The van der Waals surface area contributed by atoms with E-state index in [-0.39, 0.29) is 5.91 Å². The molecule has 1 saturated heterocycles. The molecule has 0 radical (unpaired) electrons. The van der Waals surface area contributed by atoms with E-state index in [2.05, 4.69) is 13.8 Å². The zero-order valence-electron chi connectivity index (χ0n) is 12.1. The molecule has 2 nitrogen and oxygen atoms in total. The second-order valence-corrected chi connectivity index (χ2v) is 5.89. The van der Waals surface area contributed by atoms with Crippen molar-refractivity contribution in [2.75, 3.05) is 13.1 Å². The Bertz CT molecular complexity index is 453. The van der Waals surface area contributed by atoms with Gasteiger partial charge in [0, 0.05) is 18.7 Å². The summed E-state index contributed by atoms with van der Waals surface area (Å²) in [6.07, 6.45) is 3.21. The van der Waals surface area contributed by atoms with E-state index in [4.69, 9.17) is 0 Å². The Hall–Kier alpha value is -1.57. The van der Waals surface area contributed by atoms with Crippen LogP contribution in [-0.4, -0.2) is 23.9 Å². The quantitative estimate of drug-likeness (QED) is 0.741.